The molecule has 1 atom stereocenters. The summed E-state index contributed by atoms with van der Waals surface area (Å²) in [7, 11) is 0. The van der Waals surface area contributed by atoms with Gasteiger partial charge in [-0.15, -0.1) is 0 Å². The first-order chi connectivity index (χ1) is 2.43. The first-order valence-corrected chi connectivity index (χ1v) is 1.71. The van der Waals surface area contributed by atoms with Gasteiger partial charge in [0.1, 0.15) is 6.61 Å². The Morgan fingerprint density at radius 2 is 2.60 bits per heavy atom. The minimum atomic E-state index is 0.250. The molecule has 0 aromatic carbocycles. The average Bonchev–Trinajstić information content (AvgIpc) is 2.12. The smallest absolute Gasteiger partial charge is 0.247 e. The van der Waals surface area contributed by atoms with Gasteiger partial charge in [0.05, 0.1) is 0 Å². The van der Waals surface area contributed by atoms with Crippen LogP contribution in [0.3, 0.4) is 0 Å². The molecule has 0 aromatic heterocycles. The van der Waals surface area contributed by atoms with Crippen molar-refractivity contribution in [1.29, 1.82) is 0 Å². The van der Waals surface area contributed by atoms with Crippen molar-refractivity contribution in [2.24, 2.45) is 0 Å². The van der Waals surface area contributed by atoms with E-state index in [0.717, 1.165) is 6.61 Å². The Kier molecular flexibility index (Phi) is 0.596. The van der Waals surface area contributed by atoms with Gasteiger partial charge in [-0.05, 0) is 0 Å². The highest BCUT2D eigenvalue weighted by Gasteiger charge is 2.29. The van der Waals surface area contributed by atoms with Crippen LogP contribution < -0.4 is 0 Å². The molecule has 2 heteroatoms. The quantitative estimate of drug-likeness (QED) is 0.311. The minimum Gasteiger partial charge on any atom is -0.418 e. The lowest BCUT2D eigenvalue weighted by molar-refractivity contribution is 0.149. The highest BCUT2D eigenvalue weighted by molar-refractivity contribution is 4.62. The second kappa shape index (κ2) is 0.954. The lowest BCUT2D eigenvalue weighted by atomic mass is 10.5. The summed E-state index contributed by atoms with van der Waals surface area (Å²) in [5.74, 6) is 0. The molecule has 30 valence electrons. The molecule has 0 amide bonds. The summed E-state index contributed by atoms with van der Waals surface area (Å²) in [6.07, 6.45) is 0.315. The maximum absolute atomic E-state index is 8.11. The fourth-order valence-electron chi connectivity index (χ4n) is 0.190. The third-order valence-corrected chi connectivity index (χ3v) is 0.652. The van der Waals surface area contributed by atoms with Crippen LogP contribution in [-0.4, -0.2) is 29.2 Å². The zero-order valence-electron chi connectivity index (χ0n) is 2.89. The average molecular weight is 75.1 g/mol. The van der Waals surface area contributed by atoms with Gasteiger partial charge in [-0.25, -0.2) is 0 Å². The zero-order chi connectivity index (χ0) is 3.70. The molecule has 1 fully saturated rings. The van der Waals surface area contributed by atoms with Crippen LogP contribution in [0.15, 0.2) is 0 Å². The predicted octanol–water partition coefficient (Wildman–Crippen LogP) is -1.11. The second-order valence-corrected chi connectivity index (χ2v) is 1.20. The second-order valence-electron chi connectivity index (χ2n) is 1.20. The van der Waals surface area contributed by atoms with Crippen LogP contribution in [0.5, 0.6) is 0 Å². The summed E-state index contributed by atoms with van der Waals surface area (Å²) in [5.41, 5.74) is 0. The SMILES string of the molecule is OCC1C[OH+]1. The molecule has 1 unspecified atom stereocenters. The van der Waals surface area contributed by atoms with Crippen molar-refractivity contribution in [2.75, 3.05) is 13.2 Å². The summed E-state index contributed by atoms with van der Waals surface area (Å²) in [6, 6.07) is 0. The van der Waals surface area contributed by atoms with Gasteiger partial charge < -0.3 is 9.84 Å². The van der Waals surface area contributed by atoms with Crippen molar-refractivity contribution in [2.45, 2.75) is 6.10 Å². The van der Waals surface area contributed by atoms with E-state index in [0.29, 0.717) is 6.10 Å². The van der Waals surface area contributed by atoms with Crippen molar-refractivity contribution in [3.05, 3.63) is 0 Å². The Balaban J connectivity index is 2.00. The highest BCUT2D eigenvalue weighted by atomic mass is 16.6. The van der Waals surface area contributed by atoms with Crippen molar-refractivity contribution < 1.29 is 9.84 Å². The lowest BCUT2D eigenvalue weighted by Crippen LogP contribution is -1.90. The zero-order valence-corrected chi connectivity index (χ0v) is 2.89. The van der Waals surface area contributed by atoms with Crippen LogP contribution in [0.4, 0.5) is 0 Å². The molecule has 0 spiro atoms. The Labute approximate surface area is 30.4 Å². The predicted molar refractivity (Wildman–Crippen MR) is 18.0 cm³/mol. The minimum absolute atomic E-state index is 0.250. The third kappa shape index (κ3) is 0.597. The first-order valence-electron chi connectivity index (χ1n) is 1.71. The van der Waals surface area contributed by atoms with E-state index in [-0.39, 0.29) is 6.61 Å². The Morgan fingerprint density at radius 1 is 2.00 bits per heavy atom. The van der Waals surface area contributed by atoms with Crippen LogP contribution >= 0.6 is 0 Å². The molecule has 0 aromatic rings. The van der Waals surface area contributed by atoms with Crippen molar-refractivity contribution in [3.8, 4) is 0 Å². The van der Waals surface area contributed by atoms with E-state index in [2.05, 4.69) is 4.74 Å². The van der Waals surface area contributed by atoms with E-state index in [1.54, 1.807) is 0 Å². The molecule has 2 N–H and O–H groups in total. The standard InChI is InChI=1S/C3H6O2/c4-1-3-2-5-3/h3-4H,1-2H2/p+1. The molecule has 1 aliphatic heterocycles. The van der Waals surface area contributed by atoms with Crippen LogP contribution in [0, 0.1) is 0 Å². The van der Waals surface area contributed by atoms with Gasteiger partial charge in [0.15, 0.2) is 0 Å². The van der Waals surface area contributed by atoms with Crippen molar-refractivity contribution >= 4 is 0 Å². The van der Waals surface area contributed by atoms with Gasteiger partial charge >= 0.3 is 0 Å². The van der Waals surface area contributed by atoms with Crippen molar-refractivity contribution in [3.63, 3.8) is 0 Å². The van der Waals surface area contributed by atoms with E-state index in [4.69, 9.17) is 5.11 Å². The Bertz CT molecular complexity index is 31.9. The maximum atomic E-state index is 8.11. The van der Waals surface area contributed by atoms with E-state index < -0.39 is 0 Å². The van der Waals surface area contributed by atoms with Crippen molar-refractivity contribution in [1.82, 2.24) is 0 Å². The highest BCUT2D eigenvalue weighted by Crippen LogP contribution is 1.99. The molecule has 1 heterocycles. The third-order valence-electron chi connectivity index (χ3n) is 0.652. The Morgan fingerprint density at radius 3 is 2.60 bits per heavy atom. The van der Waals surface area contributed by atoms with Gasteiger partial charge in [-0.2, -0.15) is 0 Å². The van der Waals surface area contributed by atoms with Gasteiger partial charge in [-0.3, -0.25) is 0 Å². The molecule has 1 aliphatic rings. The molecule has 1 rings (SSSR count). The normalized spacial score (nSPS) is 34.2. The maximum Gasteiger partial charge on any atom is 0.247 e. The van der Waals surface area contributed by atoms with E-state index in [1.165, 1.54) is 0 Å². The van der Waals surface area contributed by atoms with Gasteiger partial charge in [0.25, 0.3) is 0 Å². The fraction of sp³-hybridized carbons (Fsp3) is 1.00. The van der Waals surface area contributed by atoms with Gasteiger partial charge in [0, 0.05) is 0 Å². The summed E-state index contributed by atoms with van der Waals surface area (Å²) in [5, 5.41) is 8.11. The van der Waals surface area contributed by atoms with E-state index in [9.17, 15) is 0 Å². The number of ether oxygens (including phenoxy) is 1. The molecular weight excluding hydrogens is 68.0 g/mol. The van der Waals surface area contributed by atoms with Crippen LogP contribution in [0.25, 0.3) is 0 Å². The summed E-state index contributed by atoms with van der Waals surface area (Å²) >= 11 is 0. The number of hydrogen-bond donors (Lipinski definition) is 1. The lowest BCUT2D eigenvalue weighted by Gasteiger charge is -1.64. The summed E-state index contributed by atoms with van der Waals surface area (Å²) < 4.78 is 3.77. The molecular formula is C3H7O2+. The summed E-state index contributed by atoms with van der Waals surface area (Å²) in [6.45, 7) is 1.14. The van der Waals surface area contributed by atoms with E-state index >= 15 is 0 Å². The fourth-order valence-corrected chi connectivity index (χ4v) is 0.190. The number of rotatable bonds is 1. The number of hydrogen-bond acceptors (Lipinski definition) is 1. The molecule has 0 aliphatic carbocycles. The number of epoxide rings is 1. The molecule has 5 heavy (non-hydrogen) atoms. The monoisotopic (exact) mass is 75.0 g/mol. The molecule has 0 saturated carbocycles. The molecule has 1 saturated heterocycles. The Hall–Kier alpha value is -0.0800. The van der Waals surface area contributed by atoms with Crippen LogP contribution in [0.2, 0.25) is 0 Å². The molecule has 0 bridgehead atoms. The molecule has 0 radical (unpaired) electrons. The van der Waals surface area contributed by atoms with Crippen LogP contribution in [0.1, 0.15) is 0 Å². The molecule has 2 nitrogen and oxygen atoms in total. The number of aliphatic hydroxyl groups is 3. The summed E-state index contributed by atoms with van der Waals surface area (Å²) in [4.78, 5) is 0. The van der Waals surface area contributed by atoms with E-state index in [1.807, 2.05) is 0 Å². The van der Waals surface area contributed by atoms with Crippen LogP contribution in [-0.2, 0) is 0 Å². The first kappa shape index (κ1) is 3.12. The largest absolute Gasteiger partial charge is 0.418 e. The number of aliphatic hydroxyl groups excluding tert-OH is 1. The van der Waals surface area contributed by atoms with Gasteiger partial charge in [-0.1, -0.05) is 0 Å². The topological polar surface area (TPSA) is 33.0 Å². The van der Waals surface area contributed by atoms with Gasteiger partial charge in [0.2, 0.25) is 12.7 Å².